The summed E-state index contributed by atoms with van der Waals surface area (Å²) in [5, 5.41) is 16.0. The van der Waals surface area contributed by atoms with Gasteiger partial charge in [-0.2, -0.15) is 0 Å². The minimum Gasteiger partial charge on any atom is -0.465 e. The summed E-state index contributed by atoms with van der Waals surface area (Å²) in [5.41, 5.74) is 0.764. The van der Waals surface area contributed by atoms with Crippen LogP contribution in [0.1, 0.15) is 24.0 Å². The summed E-state index contributed by atoms with van der Waals surface area (Å²) in [5.74, 6) is -0.474. The predicted molar refractivity (Wildman–Crippen MR) is 111 cm³/mol. The Morgan fingerprint density at radius 3 is 2.87 bits per heavy atom. The Kier molecular flexibility index (Phi) is 5.40. The van der Waals surface area contributed by atoms with Gasteiger partial charge in [0.05, 0.1) is 6.04 Å². The molecule has 1 aromatic carbocycles. The maximum absolute atomic E-state index is 13.9. The first-order valence-corrected chi connectivity index (χ1v) is 9.93. The summed E-state index contributed by atoms with van der Waals surface area (Å²) >= 11 is 6.26. The van der Waals surface area contributed by atoms with Gasteiger partial charge in [0.25, 0.3) is 5.56 Å². The summed E-state index contributed by atoms with van der Waals surface area (Å²) in [6.45, 7) is 0.0209. The quantitative estimate of drug-likeness (QED) is 0.623. The minimum atomic E-state index is -1.20. The van der Waals surface area contributed by atoms with Crippen molar-refractivity contribution in [2.75, 3.05) is 11.4 Å². The number of aromatic nitrogens is 3. The third kappa shape index (κ3) is 3.86. The van der Waals surface area contributed by atoms with Crippen molar-refractivity contribution in [3.63, 3.8) is 0 Å². The molecule has 9 nitrogen and oxygen atoms in total. The van der Waals surface area contributed by atoms with Gasteiger partial charge in [0.2, 0.25) is 5.91 Å². The van der Waals surface area contributed by atoms with Crippen LogP contribution in [0.5, 0.6) is 0 Å². The highest BCUT2D eigenvalue weighted by atomic mass is 35.5. The number of aryl methyl sites for hydroxylation is 1. The van der Waals surface area contributed by atoms with Crippen LogP contribution in [0.15, 0.2) is 35.4 Å². The van der Waals surface area contributed by atoms with Crippen molar-refractivity contribution in [1.29, 1.82) is 0 Å². The lowest BCUT2D eigenvalue weighted by molar-refractivity contribution is -0.117. The number of fused-ring (bicyclic) bond motifs is 1. The van der Waals surface area contributed by atoms with Gasteiger partial charge < -0.3 is 15.0 Å². The second kappa shape index (κ2) is 8.03. The molecule has 11 heteroatoms. The molecular formula is C20H19ClFN5O4. The molecule has 0 aliphatic carbocycles. The van der Waals surface area contributed by atoms with Gasteiger partial charge >= 0.3 is 6.09 Å². The summed E-state index contributed by atoms with van der Waals surface area (Å²) < 4.78 is 16.6. The lowest BCUT2D eigenvalue weighted by Crippen LogP contribution is -2.42. The second-order valence-electron chi connectivity index (χ2n) is 7.36. The van der Waals surface area contributed by atoms with Crippen molar-refractivity contribution < 1.29 is 19.1 Å². The van der Waals surface area contributed by atoms with Crippen molar-refractivity contribution in [1.82, 2.24) is 19.5 Å². The second-order valence-corrected chi connectivity index (χ2v) is 7.77. The van der Waals surface area contributed by atoms with E-state index in [2.05, 4.69) is 10.4 Å². The molecule has 31 heavy (non-hydrogen) atoms. The van der Waals surface area contributed by atoms with Crippen LogP contribution in [0.25, 0.3) is 5.52 Å². The molecule has 3 heterocycles. The van der Waals surface area contributed by atoms with Gasteiger partial charge in [-0.3, -0.25) is 14.5 Å². The number of benzene rings is 1. The van der Waals surface area contributed by atoms with Crippen LogP contribution in [0, 0.1) is 5.82 Å². The summed E-state index contributed by atoms with van der Waals surface area (Å²) in [4.78, 5) is 38.0. The van der Waals surface area contributed by atoms with E-state index in [0.29, 0.717) is 22.6 Å². The normalized spacial score (nSPS) is 16.3. The average molecular weight is 448 g/mol. The number of amides is 2. The van der Waals surface area contributed by atoms with E-state index >= 15 is 0 Å². The number of rotatable bonds is 5. The Morgan fingerprint density at radius 2 is 2.13 bits per heavy atom. The molecule has 2 aromatic heterocycles. The molecule has 1 unspecified atom stereocenters. The van der Waals surface area contributed by atoms with Crippen LogP contribution in [0.3, 0.4) is 0 Å². The van der Waals surface area contributed by atoms with Gasteiger partial charge in [0.1, 0.15) is 11.3 Å². The first-order chi connectivity index (χ1) is 14.8. The number of carbonyl (C=O) groups is 2. The van der Waals surface area contributed by atoms with E-state index in [0.717, 1.165) is 0 Å². The van der Waals surface area contributed by atoms with E-state index in [4.69, 9.17) is 16.7 Å². The number of nitrogens with zero attached hydrogens (tertiary/aromatic N) is 4. The van der Waals surface area contributed by atoms with Crippen LogP contribution in [-0.4, -0.2) is 43.9 Å². The number of nitrogens with one attached hydrogen (secondary N) is 1. The summed E-state index contributed by atoms with van der Waals surface area (Å²) in [7, 11) is 1.59. The Morgan fingerprint density at radius 1 is 1.35 bits per heavy atom. The van der Waals surface area contributed by atoms with Gasteiger partial charge in [-0.15, -0.1) is 5.10 Å². The first-order valence-electron chi connectivity index (χ1n) is 9.56. The van der Waals surface area contributed by atoms with E-state index in [9.17, 15) is 18.8 Å². The standard InChI is InChI=1S/C20H19ClFN5O4/c1-25-6-7-26-17(19(25)29)14(9-11-8-12(22)2-4-15(11)21)18(24-26)27-13(3-5-16(27)28)10-23-20(30)31/h2,4,6-8,13,23H,3,5,9-10H2,1H3,(H,30,31). The first kappa shape index (κ1) is 20.9. The average Bonchev–Trinajstić information content (AvgIpc) is 3.26. The van der Waals surface area contributed by atoms with E-state index in [1.54, 1.807) is 19.4 Å². The monoisotopic (exact) mass is 447 g/mol. The maximum Gasteiger partial charge on any atom is 0.404 e. The van der Waals surface area contributed by atoms with Crippen LogP contribution in [0.2, 0.25) is 5.02 Å². The van der Waals surface area contributed by atoms with E-state index in [1.807, 2.05) is 0 Å². The third-order valence-corrected chi connectivity index (χ3v) is 5.73. The molecule has 0 radical (unpaired) electrons. The topological polar surface area (TPSA) is 109 Å². The van der Waals surface area contributed by atoms with Crippen LogP contribution in [-0.2, 0) is 18.3 Å². The van der Waals surface area contributed by atoms with Crippen molar-refractivity contribution in [2.24, 2.45) is 7.05 Å². The van der Waals surface area contributed by atoms with Crippen molar-refractivity contribution in [2.45, 2.75) is 25.3 Å². The Hall–Kier alpha value is -3.40. The van der Waals surface area contributed by atoms with Gasteiger partial charge in [0.15, 0.2) is 5.82 Å². The molecule has 1 aliphatic rings. The number of carbonyl (C=O) groups excluding carboxylic acids is 1. The van der Waals surface area contributed by atoms with Gasteiger partial charge in [0, 0.05) is 49.4 Å². The largest absolute Gasteiger partial charge is 0.465 e. The van der Waals surface area contributed by atoms with E-state index < -0.39 is 18.0 Å². The van der Waals surface area contributed by atoms with Gasteiger partial charge in [-0.25, -0.2) is 13.7 Å². The van der Waals surface area contributed by atoms with Gasteiger partial charge in [-0.05, 0) is 30.2 Å². The van der Waals surface area contributed by atoms with Crippen molar-refractivity contribution in [3.8, 4) is 0 Å². The highest BCUT2D eigenvalue weighted by Gasteiger charge is 2.36. The predicted octanol–water partition coefficient (Wildman–Crippen LogP) is 2.18. The Balaban J connectivity index is 1.88. The molecule has 162 valence electrons. The molecule has 0 spiro atoms. The lowest BCUT2D eigenvalue weighted by Gasteiger charge is -2.23. The van der Waals surface area contributed by atoms with E-state index in [-0.39, 0.29) is 42.2 Å². The maximum atomic E-state index is 13.9. The Labute approximate surface area is 180 Å². The fourth-order valence-electron chi connectivity index (χ4n) is 3.85. The molecular weight excluding hydrogens is 429 g/mol. The Bertz CT molecular complexity index is 1250. The molecule has 0 saturated carbocycles. The molecule has 0 bridgehead atoms. The highest BCUT2D eigenvalue weighted by molar-refractivity contribution is 6.31. The number of hydrogen-bond acceptors (Lipinski definition) is 4. The smallest absolute Gasteiger partial charge is 0.404 e. The zero-order valence-corrected chi connectivity index (χ0v) is 17.3. The zero-order valence-electron chi connectivity index (χ0n) is 16.5. The number of anilines is 1. The zero-order chi connectivity index (χ0) is 22.3. The van der Waals surface area contributed by atoms with E-state index in [1.165, 1.54) is 32.2 Å². The number of carboxylic acid groups (broad SMARTS) is 1. The fraction of sp³-hybridized carbons (Fsp3) is 0.300. The SMILES string of the molecule is Cn1ccn2nc(N3C(=O)CCC3CNC(=O)O)c(Cc3cc(F)ccc3Cl)c2c1=O. The minimum absolute atomic E-state index is 0.0209. The van der Waals surface area contributed by atoms with Crippen LogP contribution < -0.4 is 15.8 Å². The van der Waals surface area contributed by atoms with Crippen LogP contribution in [0.4, 0.5) is 15.0 Å². The van der Waals surface area contributed by atoms with Gasteiger partial charge in [-0.1, -0.05) is 11.6 Å². The third-order valence-electron chi connectivity index (χ3n) is 5.36. The summed E-state index contributed by atoms with van der Waals surface area (Å²) in [6, 6.07) is 3.48. The molecule has 1 fully saturated rings. The molecule has 2 amide bonds. The van der Waals surface area contributed by atoms with Crippen molar-refractivity contribution in [3.05, 3.63) is 62.9 Å². The number of halogens is 2. The number of hydrogen-bond donors (Lipinski definition) is 2. The van der Waals surface area contributed by atoms with Crippen molar-refractivity contribution >= 4 is 34.9 Å². The fourth-order valence-corrected chi connectivity index (χ4v) is 4.03. The molecule has 1 atom stereocenters. The molecule has 1 saturated heterocycles. The molecule has 4 rings (SSSR count). The molecule has 2 N–H and O–H groups in total. The lowest BCUT2D eigenvalue weighted by atomic mass is 10.0. The highest BCUT2D eigenvalue weighted by Crippen LogP contribution is 2.33. The molecule has 1 aliphatic heterocycles. The molecule has 3 aromatic rings. The van der Waals surface area contributed by atoms with Crippen LogP contribution >= 0.6 is 11.6 Å². The summed E-state index contributed by atoms with van der Waals surface area (Å²) in [6.07, 6.45) is 2.65.